The van der Waals surface area contributed by atoms with E-state index in [1.165, 1.54) is 20.3 Å². The van der Waals surface area contributed by atoms with E-state index in [1.54, 1.807) is 0 Å². The topological polar surface area (TPSA) is 34.2 Å². The zero-order valence-electron chi connectivity index (χ0n) is 22.0. The van der Waals surface area contributed by atoms with Crippen LogP contribution in [0.3, 0.4) is 0 Å². The molecule has 4 aromatic carbocycles. The van der Waals surface area contributed by atoms with Crippen LogP contribution in [0.5, 0.6) is 17.2 Å². The van der Waals surface area contributed by atoms with E-state index in [9.17, 15) is 0 Å². The number of nitrogens with zero attached hydrogens (tertiary/aromatic N) is 2. The van der Waals surface area contributed by atoms with Crippen molar-refractivity contribution in [2.24, 2.45) is 0 Å². The van der Waals surface area contributed by atoms with Crippen LogP contribution < -0.4 is 19.1 Å². The molecule has 6 heteroatoms. The second-order valence-electron chi connectivity index (χ2n) is 9.81. The number of benzene rings is 4. The first-order valence-corrected chi connectivity index (χ1v) is 16.0. The van der Waals surface area contributed by atoms with Crippen LogP contribution in [0.25, 0.3) is 11.1 Å². The summed E-state index contributed by atoms with van der Waals surface area (Å²) in [6.45, 7) is 6.59. The molecule has 0 saturated carbocycles. The molecule has 0 unspecified atom stereocenters. The van der Waals surface area contributed by atoms with E-state index < -0.39 is 0 Å². The lowest BCUT2D eigenvalue weighted by Crippen LogP contribution is -2.46. The van der Waals surface area contributed by atoms with Crippen molar-refractivity contribution in [3.05, 3.63) is 106 Å². The van der Waals surface area contributed by atoms with Crippen molar-refractivity contribution >= 4 is 30.9 Å². The normalized spacial score (nSPS) is 15.2. The largest absolute Gasteiger partial charge is 0.488 e. The summed E-state index contributed by atoms with van der Waals surface area (Å²) in [7, 11) is 0. The Labute approximate surface area is 240 Å². The van der Waals surface area contributed by atoms with Gasteiger partial charge in [-0.25, -0.2) is 0 Å². The van der Waals surface area contributed by atoms with Gasteiger partial charge in [0.25, 0.3) is 0 Å². The molecule has 1 saturated heterocycles. The highest BCUT2D eigenvalue weighted by atomic mass is 127. The molecule has 39 heavy (non-hydrogen) atoms. The molecule has 200 valence electrons. The fourth-order valence-electron chi connectivity index (χ4n) is 5.19. The lowest BCUT2D eigenvalue weighted by atomic mass is 10.0. The number of fused-ring (bicyclic) bond motifs is 1. The molecule has 0 atom stereocenters. The molecule has 0 aromatic heterocycles. The minimum absolute atomic E-state index is 0.169. The van der Waals surface area contributed by atoms with Gasteiger partial charge >= 0.3 is 0 Å². The molecule has 6 rings (SSSR count). The standard InChI is InChI=1S/C33H33IN2O3/c1-34-28-13-11-27(12-14-28)29-22-26(10-15-31(29)39-24-25-6-3-2-4-7-25)23-35-16-18-36(19-17-35)30-8-5-9-32-33(30)38-21-20-37-32/h2-15,22H,1,16-21,23-24H2. The Morgan fingerprint density at radius 2 is 1.56 bits per heavy atom. The maximum atomic E-state index is 6.34. The van der Waals surface area contributed by atoms with Crippen molar-refractivity contribution in [1.29, 1.82) is 0 Å². The maximum Gasteiger partial charge on any atom is 0.184 e. The third-order valence-corrected chi connectivity index (χ3v) is 8.86. The van der Waals surface area contributed by atoms with E-state index in [2.05, 4.69) is 93.2 Å². The first-order chi connectivity index (χ1) is 19.3. The quantitative estimate of drug-likeness (QED) is 0.205. The van der Waals surface area contributed by atoms with E-state index >= 15 is 0 Å². The van der Waals surface area contributed by atoms with Gasteiger partial charge in [0.2, 0.25) is 0 Å². The van der Waals surface area contributed by atoms with Gasteiger partial charge in [0.1, 0.15) is 25.6 Å². The number of hydrogen-bond donors (Lipinski definition) is 0. The van der Waals surface area contributed by atoms with Gasteiger partial charge in [-0.05, 0) is 53.1 Å². The van der Waals surface area contributed by atoms with Crippen molar-refractivity contribution in [2.75, 3.05) is 44.3 Å². The SMILES string of the molecule is C=Ic1ccc(-c2cc(CN3CCN(c4cccc5c4OCCO5)CC3)ccc2OCc2ccccc2)cc1. The highest BCUT2D eigenvalue weighted by Gasteiger charge is 2.24. The average Bonchev–Trinajstić information content (AvgIpc) is 3.01. The van der Waals surface area contributed by atoms with Crippen molar-refractivity contribution < 1.29 is 14.2 Å². The first kappa shape index (κ1) is 25.9. The van der Waals surface area contributed by atoms with Gasteiger partial charge in [-0.1, -0.05) is 79.8 Å². The molecule has 0 amide bonds. The van der Waals surface area contributed by atoms with Crippen LogP contribution in [0.1, 0.15) is 11.1 Å². The summed E-state index contributed by atoms with van der Waals surface area (Å²) in [4.78, 5) is 4.95. The average molecular weight is 633 g/mol. The molecule has 4 aromatic rings. The summed E-state index contributed by atoms with van der Waals surface area (Å²) < 4.78 is 23.6. The van der Waals surface area contributed by atoms with E-state index in [1.807, 2.05) is 12.1 Å². The minimum atomic E-state index is -0.169. The number of ether oxygens (including phenoxy) is 3. The third-order valence-electron chi connectivity index (χ3n) is 7.26. The van der Waals surface area contributed by atoms with Crippen LogP contribution >= 0.6 is 20.7 Å². The molecule has 2 aliphatic rings. The fraction of sp³-hybridized carbons (Fsp3) is 0.242. The number of para-hydroxylation sites is 1. The smallest absolute Gasteiger partial charge is 0.184 e. The Bertz CT molecular complexity index is 1420. The van der Waals surface area contributed by atoms with Crippen LogP contribution in [0.2, 0.25) is 0 Å². The van der Waals surface area contributed by atoms with Gasteiger partial charge < -0.3 is 19.1 Å². The highest BCUT2D eigenvalue weighted by Crippen LogP contribution is 2.40. The second-order valence-corrected chi connectivity index (χ2v) is 11.8. The van der Waals surface area contributed by atoms with Crippen LogP contribution in [0.4, 0.5) is 5.69 Å². The number of rotatable bonds is 8. The molecule has 0 spiro atoms. The number of piperazine rings is 1. The van der Waals surface area contributed by atoms with Gasteiger partial charge in [-0.2, -0.15) is 0 Å². The van der Waals surface area contributed by atoms with Crippen LogP contribution in [0.15, 0.2) is 91.0 Å². The molecule has 5 nitrogen and oxygen atoms in total. The van der Waals surface area contributed by atoms with E-state index in [4.69, 9.17) is 14.2 Å². The number of anilines is 1. The van der Waals surface area contributed by atoms with Crippen molar-refractivity contribution in [3.8, 4) is 28.4 Å². The molecule has 0 aliphatic carbocycles. The zero-order chi connectivity index (χ0) is 26.4. The fourth-order valence-corrected chi connectivity index (χ4v) is 6.06. The zero-order valence-corrected chi connectivity index (χ0v) is 24.2. The highest BCUT2D eigenvalue weighted by molar-refractivity contribution is 14.2. The van der Waals surface area contributed by atoms with Crippen molar-refractivity contribution in [2.45, 2.75) is 13.2 Å². The van der Waals surface area contributed by atoms with Gasteiger partial charge in [0, 0.05) is 41.9 Å². The Balaban J connectivity index is 1.17. The minimum Gasteiger partial charge on any atom is -0.488 e. The summed E-state index contributed by atoms with van der Waals surface area (Å²) in [6, 6.07) is 32.0. The summed E-state index contributed by atoms with van der Waals surface area (Å²) >= 11 is -0.169. The van der Waals surface area contributed by atoms with E-state index in [-0.39, 0.29) is 20.7 Å². The Morgan fingerprint density at radius 1 is 0.769 bits per heavy atom. The van der Waals surface area contributed by atoms with Gasteiger partial charge in [-0.15, -0.1) is 0 Å². The van der Waals surface area contributed by atoms with E-state index in [0.717, 1.165) is 61.2 Å². The van der Waals surface area contributed by atoms with Gasteiger partial charge in [-0.3, -0.25) is 4.90 Å². The molecule has 2 aliphatic heterocycles. The first-order valence-electron chi connectivity index (χ1n) is 13.4. The molecule has 0 radical (unpaired) electrons. The molecule has 0 N–H and O–H groups in total. The lowest BCUT2D eigenvalue weighted by molar-refractivity contribution is 0.171. The molecule has 1 fully saturated rings. The third kappa shape index (κ3) is 6.12. The number of hydrogen-bond acceptors (Lipinski definition) is 5. The predicted octanol–water partition coefficient (Wildman–Crippen LogP) is 6.60. The van der Waals surface area contributed by atoms with Crippen LogP contribution in [0, 0.1) is 3.57 Å². The molecule has 2 heterocycles. The van der Waals surface area contributed by atoms with Crippen molar-refractivity contribution in [1.82, 2.24) is 4.90 Å². The Hall–Kier alpha value is -3.36. The molecular weight excluding hydrogens is 599 g/mol. The summed E-state index contributed by atoms with van der Waals surface area (Å²) in [5, 5.41) is 0. The maximum absolute atomic E-state index is 6.34. The van der Waals surface area contributed by atoms with Gasteiger partial charge in [0.15, 0.2) is 11.5 Å². The molecule has 0 bridgehead atoms. The van der Waals surface area contributed by atoms with E-state index in [0.29, 0.717) is 19.8 Å². The van der Waals surface area contributed by atoms with Crippen LogP contribution in [-0.2, 0) is 13.2 Å². The molecular formula is C33H33IN2O3. The summed E-state index contributed by atoms with van der Waals surface area (Å²) in [6.07, 6.45) is 0. The van der Waals surface area contributed by atoms with Crippen LogP contribution in [-0.4, -0.2) is 48.8 Å². The lowest BCUT2D eigenvalue weighted by Gasteiger charge is -2.37. The van der Waals surface area contributed by atoms with Crippen molar-refractivity contribution in [3.63, 3.8) is 0 Å². The predicted molar refractivity (Wildman–Crippen MR) is 167 cm³/mol. The monoisotopic (exact) mass is 632 g/mol. The van der Waals surface area contributed by atoms with Gasteiger partial charge in [0.05, 0.1) is 5.69 Å². The Morgan fingerprint density at radius 3 is 2.36 bits per heavy atom. The second kappa shape index (κ2) is 12.2. The summed E-state index contributed by atoms with van der Waals surface area (Å²) in [5.74, 6) is 2.66. The Kier molecular flexibility index (Phi) is 8.11. The summed E-state index contributed by atoms with van der Waals surface area (Å²) in [5.41, 5.74) is 5.93. The number of halogens is 1.